The summed E-state index contributed by atoms with van der Waals surface area (Å²) in [4.78, 5) is 3.88. The number of benzene rings is 1. The maximum absolute atomic E-state index is 13.0. The van der Waals surface area contributed by atoms with Gasteiger partial charge in [-0.2, -0.15) is 13.2 Å². The quantitative estimate of drug-likeness (QED) is 0.480. The summed E-state index contributed by atoms with van der Waals surface area (Å²) in [5, 5.41) is 5.87. The van der Waals surface area contributed by atoms with Gasteiger partial charge in [0.15, 0.2) is 5.96 Å². The van der Waals surface area contributed by atoms with Gasteiger partial charge >= 0.3 is 6.18 Å². The lowest BCUT2D eigenvalue weighted by Crippen LogP contribution is -2.38. The van der Waals surface area contributed by atoms with Gasteiger partial charge in [-0.3, -0.25) is 4.99 Å². The summed E-state index contributed by atoms with van der Waals surface area (Å²) < 4.78 is 49.3. The first kappa shape index (κ1) is 18.3. The third kappa shape index (κ3) is 7.28. The van der Waals surface area contributed by atoms with Crippen LogP contribution in [-0.4, -0.2) is 31.8 Å². The predicted octanol–water partition coefficient (Wildman–Crippen LogP) is 3.18. The number of aryl methyl sites for hydroxylation is 1. The monoisotopic (exact) mass is 319 g/mol. The largest absolute Gasteiger partial charge is 0.390 e. The minimum Gasteiger partial charge on any atom is -0.357 e. The number of halogens is 4. The van der Waals surface area contributed by atoms with Gasteiger partial charge in [-0.25, -0.2) is 4.39 Å². The van der Waals surface area contributed by atoms with Crippen LogP contribution in [0, 0.1) is 12.7 Å². The zero-order chi connectivity index (χ0) is 16.6. The Labute approximate surface area is 127 Å². The normalized spacial score (nSPS) is 12.4. The Bertz CT molecular complexity index is 498. The number of rotatable bonds is 6. The summed E-state index contributed by atoms with van der Waals surface area (Å²) in [6, 6.07) is 4.56. The fourth-order valence-corrected chi connectivity index (χ4v) is 1.89. The van der Waals surface area contributed by atoms with Gasteiger partial charge in [-0.05, 0) is 43.5 Å². The van der Waals surface area contributed by atoms with E-state index in [-0.39, 0.29) is 12.4 Å². The molecule has 0 spiro atoms. The van der Waals surface area contributed by atoms with Crippen molar-refractivity contribution < 1.29 is 17.6 Å². The number of hydrogen-bond donors (Lipinski definition) is 2. The molecular weight excluding hydrogens is 298 g/mol. The minimum atomic E-state index is -4.20. The number of alkyl halides is 3. The van der Waals surface area contributed by atoms with Crippen LogP contribution in [0.1, 0.15) is 24.5 Å². The van der Waals surface area contributed by atoms with Crippen molar-refractivity contribution in [1.82, 2.24) is 10.6 Å². The van der Waals surface area contributed by atoms with E-state index in [1.807, 2.05) is 13.8 Å². The molecule has 0 unspecified atom stereocenters. The van der Waals surface area contributed by atoms with E-state index in [9.17, 15) is 17.6 Å². The molecule has 0 aliphatic carbocycles. The van der Waals surface area contributed by atoms with Crippen LogP contribution in [0.25, 0.3) is 0 Å². The fourth-order valence-electron chi connectivity index (χ4n) is 1.89. The van der Waals surface area contributed by atoms with Crippen molar-refractivity contribution in [2.24, 2.45) is 4.99 Å². The summed E-state index contributed by atoms with van der Waals surface area (Å²) in [5.41, 5.74) is 1.83. The highest BCUT2D eigenvalue weighted by Gasteiger charge is 2.26. The highest BCUT2D eigenvalue weighted by molar-refractivity contribution is 5.79. The molecule has 0 aliphatic heterocycles. The number of nitrogens with one attached hydrogen (secondary N) is 2. The van der Waals surface area contributed by atoms with Crippen LogP contribution in [0.15, 0.2) is 23.2 Å². The second kappa shape index (κ2) is 8.60. The Morgan fingerprint density at radius 3 is 2.55 bits per heavy atom. The molecule has 124 valence electrons. The smallest absolute Gasteiger partial charge is 0.357 e. The van der Waals surface area contributed by atoms with Crippen molar-refractivity contribution in [3.05, 3.63) is 35.1 Å². The first-order chi connectivity index (χ1) is 10.3. The third-order valence-electron chi connectivity index (χ3n) is 3.00. The van der Waals surface area contributed by atoms with Crippen molar-refractivity contribution in [2.45, 2.75) is 32.9 Å². The SMILES string of the molecule is CCNC(=NCCC(F)(F)F)NCCc1ccc(F)cc1C. The number of aliphatic imine (C=N–C) groups is 1. The van der Waals surface area contributed by atoms with Crippen LogP contribution in [0.3, 0.4) is 0 Å². The molecule has 0 amide bonds. The van der Waals surface area contributed by atoms with E-state index in [1.54, 1.807) is 6.07 Å². The lowest BCUT2D eigenvalue weighted by Gasteiger charge is -2.12. The lowest BCUT2D eigenvalue weighted by molar-refractivity contribution is -0.132. The summed E-state index contributed by atoms with van der Waals surface area (Å²) in [6.45, 7) is 4.41. The third-order valence-corrected chi connectivity index (χ3v) is 3.00. The first-order valence-electron chi connectivity index (χ1n) is 7.16. The maximum atomic E-state index is 13.0. The van der Waals surface area contributed by atoms with E-state index in [2.05, 4.69) is 15.6 Å². The van der Waals surface area contributed by atoms with Crippen molar-refractivity contribution in [3.63, 3.8) is 0 Å². The van der Waals surface area contributed by atoms with Crippen molar-refractivity contribution in [3.8, 4) is 0 Å². The second-order valence-corrected chi connectivity index (χ2v) is 4.87. The molecule has 0 fully saturated rings. The van der Waals surface area contributed by atoms with Gasteiger partial charge in [0, 0.05) is 13.1 Å². The zero-order valence-corrected chi connectivity index (χ0v) is 12.7. The predicted molar refractivity (Wildman–Crippen MR) is 79.5 cm³/mol. The first-order valence-corrected chi connectivity index (χ1v) is 7.16. The molecule has 3 nitrogen and oxygen atoms in total. The topological polar surface area (TPSA) is 36.4 Å². The van der Waals surface area contributed by atoms with Gasteiger partial charge in [-0.1, -0.05) is 6.07 Å². The van der Waals surface area contributed by atoms with E-state index < -0.39 is 12.6 Å². The van der Waals surface area contributed by atoms with Gasteiger partial charge in [0.1, 0.15) is 5.82 Å². The molecule has 22 heavy (non-hydrogen) atoms. The molecule has 0 heterocycles. The van der Waals surface area contributed by atoms with Crippen LogP contribution >= 0.6 is 0 Å². The molecule has 1 aromatic rings. The van der Waals surface area contributed by atoms with Crippen molar-refractivity contribution in [1.29, 1.82) is 0 Å². The van der Waals surface area contributed by atoms with Crippen LogP contribution in [0.5, 0.6) is 0 Å². The van der Waals surface area contributed by atoms with Gasteiger partial charge < -0.3 is 10.6 Å². The highest BCUT2D eigenvalue weighted by Crippen LogP contribution is 2.18. The van der Waals surface area contributed by atoms with Crippen LogP contribution < -0.4 is 10.6 Å². The Kier molecular flexibility index (Phi) is 7.14. The van der Waals surface area contributed by atoms with E-state index in [0.717, 1.165) is 11.1 Å². The summed E-state index contributed by atoms with van der Waals surface area (Å²) in [6.07, 6.45) is -4.51. The Hall–Kier alpha value is -1.79. The van der Waals surface area contributed by atoms with E-state index in [1.165, 1.54) is 12.1 Å². The van der Waals surface area contributed by atoms with Gasteiger partial charge in [0.05, 0.1) is 13.0 Å². The molecule has 0 aliphatic rings. The molecule has 2 N–H and O–H groups in total. The molecule has 1 aromatic carbocycles. The average molecular weight is 319 g/mol. The van der Waals surface area contributed by atoms with Gasteiger partial charge in [0.2, 0.25) is 0 Å². The molecule has 0 saturated heterocycles. The molecule has 0 radical (unpaired) electrons. The number of nitrogens with zero attached hydrogens (tertiary/aromatic N) is 1. The van der Waals surface area contributed by atoms with E-state index >= 15 is 0 Å². The van der Waals surface area contributed by atoms with Crippen LogP contribution in [-0.2, 0) is 6.42 Å². The van der Waals surface area contributed by atoms with Crippen LogP contribution in [0.4, 0.5) is 17.6 Å². The molecular formula is C15H21F4N3. The zero-order valence-electron chi connectivity index (χ0n) is 12.7. The molecule has 7 heteroatoms. The Morgan fingerprint density at radius 2 is 1.95 bits per heavy atom. The lowest BCUT2D eigenvalue weighted by atomic mass is 10.1. The summed E-state index contributed by atoms with van der Waals surface area (Å²) in [5.74, 6) is 0.0720. The average Bonchev–Trinajstić information content (AvgIpc) is 2.40. The van der Waals surface area contributed by atoms with Gasteiger partial charge in [-0.15, -0.1) is 0 Å². The van der Waals surface area contributed by atoms with Crippen LogP contribution in [0.2, 0.25) is 0 Å². The molecule has 0 atom stereocenters. The standard InChI is InChI=1S/C15H21F4N3/c1-3-20-14(22-9-7-15(17,18)19)21-8-6-12-4-5-13(16)10-11(12)2/h4-5,10H,3,6-9H2,1-2H3,(H2,20,21,22). The molecule has 0 bridgehead atoms. The fraction of sp³-hybridized carbons (Fsp3) is 0.533. The Morgan fingerprint density at radius 1 is 1.23 bits per heavy atom. The van der Waals surface area contributed by atoms with E-state index in [0.29, 0.717) is 25.5 Å². The summed E-state index contributed by atoms with van der Waals surface area (Å²) >= 11 is 0. The summed E-state index contributed by atoms with van der Waals surface area (Å²) in [7, 11) is 0. The maximum Gasteiger partial charge on any atom is 0.390 e. The number of hydrogen-bond acceptors (Lipinski definition) is 1. The highest BCUT2D eigenvalue weighted by atomic mass is 19.4. The number of guanidine groups is 1. The molecule has 1 rings (SSSR count). The van der Waals surface area contributed by atoms with Crippen molar-refractivity contribution in [2.75, 3.05) is 19.6 Å². The Balaban J connectivity index is 2.48. The minimum absolute atomic E-state index is 0.281. The molecule has 0 saturated carbocycles. The van der Waals surface area contributed by atoms with Gasteiger partial charge in [0.25, 0.3) is 0 Å². The van der Waals surface area contributed by atoms with E-state index in [4.69, 9.17) is 0 Å². The van der Waals surface area contributed by atoms with Crippen molar-refractivity contribution >= 4 is 5.96 Å². The molecule has 0 aromatic heterocycles. The second-order valence-electron chi connectivity index (χ2n) is 4.87.